The highest BCUT2D eigenvalue weighted by Crippen LogP contribution is 2.22. The molecule has 0 bridgehead atoms. The van der Waals surface area contributed by atoms with E-state index in [9.17, 15) is 9.18 Å². The fourth-order valence-corrected chi connectivity index (χ4v) is 2.26. The summed E-state index contributed by atoms with van der Waals surface area (Å²) in [6, 6.07) is 11.5. The number of fused-ring (bicyclic) bond motifs is 1. The van der Waals surface area contributed by atoms with Gasteiger partial charge in [0.1, 0.15) is 6.61 Å². The van der Waals surface area contributed by atoms with Crippen molar-refractivity contribution >= 4 is 22.5 Å². The largest absolute Gasteiger partial charge is 0.488 e. The van der Waals surface area contributed by atoms with E-state index in [1.54, 1.807) is 12.1 Å². The molecule has 124 valence electrons. The molecule has 7 heteroatoms. The van der Waals surface area contributed by atoms with Crippen LogP contribution in [0.4, 0.5) is 10.1 Å². The second-order valence-electron chi connectivity index (χ2n) is 5.06. The fraction of sp³-hybridized carbons (Fsp3) is 0.176. The molecular formula is C17H16FN3O3. The van der Waals surface area contributed by atoms with Gasteiger partial charge in [-0.3, -0.25) is 9.89 Å². The van der Waals surface area contributed by atoms with E-state index in [0.717, 1.165) is 5.52 Å². The van der Waals surface area contributed by atoms with Crippen LogP contribution in [0.15, 0.2) is 42.5 Å². The molecule has 0 saturated carbocycles. The second-order valence-corrected chi connectivity index (χ2v) is 5.06. The van der Waals surface area contributed by atoms with E-state index in [-0.39, 0.29) is 18.1 Å². The topological polar surface area (TPSA) is 76.2 Å². The van der Waals surface area contributed by atoms with Crippen molar-refractivity contribution < 1.29 is 18.7 Å². The lowest BCUT2D eigenvalue weighted by Gasteiger charge is -2.09. The van der Waals surface area contributed by atoms with E-state index < -0.39 is 11.7 Å². The number of ether oxygens (including phenoxy) is 2. The number of nitrogens with one attached hydrogen (secondary N) is 2. The molecule has 6 nitrogen and oxygen atoms in total. The molecule has 1 aromatic heterocycles. The first-order chi connectivity index (χ1) is 11.7. The number of benzene rings is 2. The van der Waals surface area contributed by atoms with Crippen LogP contribution in [-0.4, -0.2) is 36.4 Å². The number of aromatic amines is 1. The number of aromatic nitrogens is 2. The number of para-hydroxylation sites is 1. The summed E-state index contributed by atoms with van der Waals surface area (Å²) in [5.41, 5.74) is 1.34. The Bertz CT molecular complexity index is 863. The molecule has 2 N–H and O–H groups in total. The van der Waals surface area contributed by atoms with E-state index in [1.165, 1.54) is 19.2 Å². The molecule has 3 rings (SSSR count). The van der Waals surface area contributed by atoms with Crippen LogP contribution < -0.4 is 10.1 Å². The Morgan fingerprint density at radius 2 is 2.08 bits per heavy atom. The molecule has 0 fully saturated rings. The van der Waals surface area contributed by atoms with Crippen LogP contribution >= 0.6 is 0 Å². The molecule has 0 radical (unpaired) electrons. The quantitative estimate of drug-likeness (QED) is 0.682. The maximum Gasteiger partial charge on any atom is 0.276 e. The van der Waals surface area contributed by atoms with Crippen LogP contribution in [0.25, 0.3) is 10.9 Å². The number of hydrogen-bond donors (Lipinski definition) is 2. The normalized spacial score (nSPS) is 10.8. The molecule has 0 unspecified atom stereocenters. The van der Waals surface area contributed by atoms with Crippen LogP contribution in [0.3, 0.4) is 0 Å². The lowest BCUT2D eigenvalue weighted by molar-refractivity contribution is 0.102. The van der Waals surface area contributed by atoms with Crippen LogP contribution in [-0.2, 0) is 4.74 Å². The Balaban J connectivity index is 1.73. The molecular weight excluding hydrogens is 313 g/mol. The van der Waals surface area contributed by atoms with Crippen molar-refractivity contribution in [2.45, 2.75) is 0 Å². The number of methoxy groups -OCH3 is 1. The molecule has 1 amide bonds. The van der Waals surface area contributed by atoms with Crippen molar-refractivity contribution in [3.8, 4) is 5.75 Å². The Labute approximate surface area is 137 Å². The summed E-state index contributed by atoms with van der Waals surface area (Å²) in [5.74, 6) is -0.869. The van der Waals surface area contributed by atoms with Gasteiger partial charge in [0.15, 0.2) is 17.3 Å². The van der Waals surface area contributed by atoms with E-state index in [4.69, 9.17) is 9.47 Å². The Morgan fingerprint density at radius 3 is 2.88 bits per heavy atom. The predicted octanol–water partition coefficient (Wildman–Crippen LogP) is 2.98. The van der Waals surface area contributed by atoms with Gasteiger partial charge >= 0.3 is 0 Å². The van der Waals surface area contributed by atoms with Gasteiger partial charge in [0.25, 0.3) is 5.91 Å². The minimum atomic E-state index is -0.559. The first kappa shape index (κ1) is 15.9. The van der Waals surface area contributed by atoms with Crippen molar-refractivity contribution in [3.05, 3.63) is 54.0 Å². The van der Waals surface area contributed by atoms with E-state index >= 15 is 0 Å². The minimum Gasteiger partial charge on any atom is -0.488 e. The summed E-state index contributed by atoms with van der Waals surface area (Å²) in [4.78, 5) is 12.3. The van der Waals surface area contributed by atoms with Gasteiger partial charge < -0.3 is 14.8 Å². The summed E-state index contributed by atoms with van der Waals surface area (Å²) in [6.07, 6.45) is 0. The zero-order valence-corrected chi connectivity index (χ0v) is 13.0. The summed E-state index contributed by atoms with van der Waals surface area (Å²) in [7, 11) is 1.54. The third-order valence-corrected chi connectivity index (χ3v) is 3.42. The summed E-state index contributed by atoms with van der Waals surface area (Å²) < 4.78 is 24.1. The number of halogens is 1. The van der Waals surface area contributed by atoms with Crippen molar-refractivity contribution in [2.24, 2.45) is 0 Å². The lowest BCUT2D eigenvalue weighted by Crippen LogP contribution is -2.13. The highest BCUT2D eigenvalue weighted by atomic mass is 19.1. The first-order valence-corrected chi connectivity index (χ1v) is 7.35. The molecule has 0 aliphatic heterocycles. The molecule has 0 aliphatic carbocycles. The van der Waals surface area contributed by atoms with Gasteiger partial charge in [-0.1, -0.05) is 18.2 Å². The van der Waals surface area contributed by atoms with Crippen molar-refractivity contribution in [2.75, 3.05) is 25.6 Å². The van der Waals surface area contributed by atoms with Gasteiger partial charge in [0.2, 0.25) is 0 Å². The molecule has 24 heavy (non-hydrogen) atoms. The van der Waals surface area contributed by atoms with Gasteiger partial charge in [0, 0.05) is 24.2 Å². The lowest BCUT2D eigenvalue weighted by atomic mass is 10.2. The number of carbonyl (C=O) groups is 1. The Hall–Kier alpha value is -2.93. The smallest absolute Gasteiger partial charge is 0.276 e. The number of H-pyrrole nitrogens is 1. The van der Waals surface area contributed by atoms with E-state index in [2.05, 4.69) is 15.5 Å². The fourth-order valence-electron chi connectivity index (χ4n) is 2.26. The average Bonchev–Trinajstić information content (AvgIpc) is 3.01. The van der Waals surface area contributed by atoms with E-state index in [0.29, 0.717) is 17.7 Å². The summed E-state index contributed by atoms with van der Waals surface area (Å²) in [6.45, 7) is 0.614. The van der Waals surface area contributed by atoms with Gasteiger partial charge in [-0.2, -0.15) is 5.10 Å². The number of amides is 1. The number of nitrogens with zero attached hydrogens (tertiary/aromatic N) is 1. The SMILES string of the molecule is COCCOc1ccc(NC(=O)c2n[nH]c3ccccc23)cc1F. The van der Waals surface area contributed by atoms with Gasteiger partial charge in [-0.25, -0.2) is 4.39 Å². The predicted molar refractivity (Wildman–Crippen MR) is 87.8 cm³/mol. The van der Waals surface area contributed by atoms with Crippen LogP contribution in [0.5, 0.6) is 5.75 Å². The van der Waals surface area contributed by atoms with E-state index in [1.807, 2.05) is 18.2 Å². The molecule has 0 saturated heterocycles. The zero-order chi connectivity index (χ0) is 16.9. The number of rotatable bonds is 6. The summed E-state index contributed by atoms with van der Waals surface area (Å²) >= 11 is 0. The van der Waals surface area contributed by atoms with Gasteiger partial charge in [0.05, 0.1) is 12.1 Å². The van der Waals surface area contributed by atoms with Crippen molar-refractivity contribution in [1.82, 2.24) is 10.2 Å². The third-order valence-electron chi connectivity index (χ3n) is 3.42. The first-order valence-electron chi connectivity index (χ1n) is 7.35. The van der Waals surface area contributed by atoms with Gasteiger partial charge in [-0.05, 0) is 18.2 Å². The highest BCUT2D eigenvalue weighted by molar-refractivity contribution is 6.11. The second kappa shape index (κ2) is 7.10. The molecule has 0 atom stereocenters. The minimum absolute atomic E-state index is 0.107. The van der Waals surface area contributed by atoms with Gasteiger partial charge in [-0.15, -0.1) is 0 Å². The Kier molecular flexibility index (Phi) is 4.72. The monoisotopic (exact) mass is 329 g/mol. The van der Waals surface area contributed by atoms with Crippen LogP contribution in [0.1, 0.15) is 10.5 Å². The average molecular weight is 329 g/mol. The van der Waals surface area contributed by atoms with Crippen LogP contribution in [0.2, 0.25) is 0 Å². The molecule has 0 aliphatic rings. The zero-order valence-electron chi connectivity index (χ0n) is 13.0. The van der Waals surface area contributed by atoms with Crippen molar-refractivity contribution in [1.29, 1.82) is 0 Å². The maximum atomic E-state index is 14.0. The molecule has 2 aromatic carbocycles. The molecule has 3 aromatic rings. The van der Waals surface area contributed by atoms with Crippen molar-refractivity contribution in [3.63, 3.8) is 0 Å². The standard InChI is InChI=1S/C17H16FN3O3/c1-23-8-9-24-15-7-6-11(10-13(15)18)19-17(22)16-12-4-2-3-5-14(12)20-21-16/h2-7,10H,8-9H2,1H3,(H,19,22)(H,20,21). The molecule has 0 spiro atoms. The maximum absolute atomic E-state index is 14.0. The number of anilines is 1. The third kappa shape index (κ3) is 3.36. The van der Waals surface area contributed by atoms with Crippen LogP contribution in [0, 0.1) is 5.82 Å². The summed E-state index contributed by atoms with van der Waals surface area (Å²) in [5, 5.41) is 10.1. The highest BCUT2D eigenvalue weighted by Gasteiger charge is 2.15. The number of carbonyl (C=O) groups excluding carboxylic acids is 1. The Morgan fingerprint density at radius 1 is 1.25 bits per heavy atom. The molecule has 1 heterocycles. The number of hydrogen-bond acceptors (Lipinski definition) is 4.